The Morgan fingerprint density at radius 1 is 1.30 bits per heavy atom. The van der Waals surface area contributed by atoms with Crippen molar-refractivity contribution in [1.82, 2.24) is 10.2 Å². The van der Waals surface area contributed by atoms with Crippen LogP contribution in [-0.4, -0.2) is 44.8 Å². The van der Waals surface area contributed by atoms with Crippen LogP contribution in [0.2, 0.25) is 0 Å². The first-order chi connectivity index (χ1) is 9.79. The van der Waals surface area contributed by atoms with Crippen molar-refractivity contribution in [3.63, 3.8) is 0 Å². The molecule has 3 nitrogen and oxygen atoms in total. The van der Waals surface area contributed by atoms with Crippen molar-refractivity contribution in [3.8, 4) is 0 Å². The molecule has 2 atom stereocenters. The van der Waals surface area contributed by atoms with Crippen LogP contribution in [0.1, 0.15) is 37.3 Å². The molecule has 20 heavy (non-hydrogen) atoms. The van der Waals surface area contributed by atoms with E-state index in [9.17, 15) is 0 Å². The zero-order valence-corrected chi connectivity index (χ0v) is 12.8. The average Bonchev–Trinajstić information content (AvgIpc) is 2.50. The normalized spacial score (nSPS) is 21.1. The second kappa shape index (κ2) is 8.40. The lowest BCUT2D eigenvalue weighted by molar-refractivity contribution is -0.00184. The van der Waals surface area contributed by atoms with Crippen molar-refractivity contribution in [2.45, 2.75) is 37.8 Å². The van der Waals surface area contributed by atoms with E-state index in [0.717, 1.165) is 26.1 Å². The summed E-state index contributed by atoms with van der Waals surface area (Å²) in [6.45, 7) is 3.10. The van der Waals surface area contributed by atoms with E-state index in [4.69, 9.17) is 4.74 Å². The number of nitrogens with zero attached hydrogens (tertiary/aromatic N) is 1. The Morgan fingerprint density at radius 3 is 2.75 bits per heavy atom. The minimum Gasteiger partial charge on any atom is -0.377 e. The fourth-order valence-electron chi connectivity index (χ4n) is 2.90. The average molecular weight is 276 g/mol. The Labute approximate surface area is 123 Å². The fraction of sp³-hybridized carbons (Fsp3) is 0.647. The molecule has 2 unspecified atom stereocenters. The van der Waals surface area contributed by atoms with Gasteiger partial charge in [-0.3, -0.25) is 0 Å². The molecule has 1 fully saturated rings. The topological polar surface area (TPSA) is 24.5 Å². The number of nitrogens with one attached hydrogen (secondary N) is 1. The number of hydrogen-bond donors (Lipinski definition) is 1. The van der Waals surface area contributed by atoms with Crippen LogP contribution in [0.5, 0.6) is 0 Å². The van der Waals surface area contributed by atoms with Gasteiger partial charge in [-0.2, -0.15) is 0 Å². The minimum absolute atomic E-state index is 0.436. The summed E-state index contributed by atoms with van der Waals surface area (Å²) in [6, 6.07) is 11.1. The zero-order valence-electron chi connectivity index (χ0n) is 12.8. The quantitative estimate of drug-likeness (QED) is 0.829. The first-order valence-corrected chi connectivity index (χ1v) is 7.82. The molecule has 0 amide bonds. The predicted octanol–water partition coefficient (Wildman–Crippen LogP) is 2.84. The molecule has 0 saturated carbocycles. The third kappa shape index (κ3) is 4.89. The maximum absolute atomic E-state index is 5.81. The van der Waals surface area contributed by atoms with Crippen LogP contribution in [0, 0.1) is 0 Å². The van der Waals surface area contributed by atoms with Crippen molar-refractivity contribution >= 4 is 0 Å². The van der Waals surface area contributed by atoms with E-state index in [1.807, 2.05) is 7.05 Å². The third-order valence-corrected chi connectivity index (χ3v) is 4.14. The van der Waals surface area contributed by atoms with Crippen molar-refractivity contribution in [2.24, 2.45) is 0 Å². The summed E-state index contributed by atoms with van der Waals surface area (Å²) in [4.78, 5) is 2.41. The summed E-state index contributed by atoms with van der Waals surface area (Å²) in [5.74, 6) is 0. The number of likely N-dealkylation sites (N-methyl/N-ethyl adjacent to an activating group) is 1. The van der Waals surface area contributed by atoms with Gasteiger partial charge >= 0.3 is 0 Å². The summed E-state index contributed by atoms with van der Waals surface area (Å²) >= 11 is 0. The molecule has 1 N–H and O–H groups in total. The zero-order chi connectivity index (χ0) is 14.2. The first kappa shape index (κ1) is 15.5. The van der Waals surface area contributed by atoms with Gasteiger partial charge in [-0.1, -0.05) is 30.3 Å². The van der Waals surface area contributed by atoms with Gasteiger partial charge in [-0.15, -0.1) is 0 Å². The van der Waals surface area contributed by atoms with Crippen molar-refractivity contribution in [1.29, 1.82) is 0 Å². The summed E-state index contributed by atoms with van der Waals surface area (Å²) in [5, 5.41) is 3.42. The second-order valence-electron chi connectivity index (χ2n) is 5.79. The van der Waals surface area contributed by atoms with E-state index < -0.39 is 0 Å². The van der Waals surface area contributed by atoms with Crippen LogP contribution in [0.25, 0.3) is 0 Å². The third-order valence-electron chi connectivity index (χ3n) is 4.14. The Kier molecular flexibility index (Phi) is 6.51. The van der Waals surface area contributed by atoms with Crippen LogP contribution >= 0.6 is 0 Å². The van der Waals surface area contributed by atoms with Crippen LogP contribution < -0.4 is 5.32 Å². The van der Waals surface area contributed by atoms with E-state index in [0.29, 0.717) is 12.1 Å². The summed E-state index contributed by atoms with van der Waals surface area (Å²) < 4.78 is 5.81. The Morgan fingerprint density at radius 2 is 2.10 bits per heavy atom. The molecule has 0 radical (unpaired) electrons. The maximum atomic E-state index is 5.81. The standard InChI is InChI=1S/C17H28N2O/c1-18-17(15-8-4-3-5-9-15)11-12-19(2)14-16-10-6-7-13-20-16/h3-5,8-9,16-18H,6-7,10-14H2,1-2H3. The molecule has 3 heteroatoms. The van der Waals surface area contributed by atoms with Crippen LogP contribution in [-0.2, 0) is 4.74 Å². The number of hydrogen-bond acceptors (Lipinski definition) is 3. The molecule has 1 aliphatic heterocycles. The molecule has 1 aromatic rings. The smallest absolute Gasteiger partial charge is 0.0701 e. The molecule has 0 aliphatic carbocycles. The Hall–Kier alpha value is -0.900. The van der Waals surface area contributed by atoms with E-state index in [1.54, 1.807) is 0 Å². The lowest BCUT2D eigenvalue weighted by atomic mass is 10.0. The van der Waals surface area contributed by atoms with E-state index in [1.165, 1.54) is 24.8 Å². The van der Waals surface area contributed by atoms with Gasteiger partial charge in [0.2, 0.25) is 0 Å². The van der Waals surface area contributed by atoms with Gasteiger partial charge in [0.1, 0.15) is 0 Å². The van der Waals surface area contributed by atoms with Gasteiger partial charge in [0.15, 0.2) is 0 Å². The number of ether oxygens (including phenoxy) is 1. The second-order valence-corrected chi connectivity index (χ2v) is 5.79. The molecule has 1 aromatic carbocycles. The molecule has 0 bridgehead atoms. The van der Waals surface area contributed by atoms with Gasteiger partial charge in [0.25, 0.3) is 0 Å². The summed E-state index contributed by atoms with van der Waals surface area (Å²) in [7, 11) is 4.25. The molecule has 1 aliphatic rings. The first-order valence-electron chi connectivity index (χ1n) is 7.82. The van der Waals surface area contributed by atoms with Gasteiger partial charge in [0.05, 0.1) is 6.10 Å². The molecule has 1 heterocycles. The lowest BCUT2D eigenvalue weighted by Gasteiger charge is -2.28. The monoisotopic (exact) mass is 276 g/mol. The van der Waals surface area contributed by atoms with Gasteiger partial charge in [-0.25, -0.2) is 0 Å². The number of rotatable bonds is 7. The molecular formula is C17H28N2O. The summed E-state index contributed by atoms with van der Waals surface area (Å²) in [5.41, 5.74) is 1.37. The lowest BCUT2D eigenvalue weighted by Crippen LogP contribution is -2.35. The van der Waals surface area contributed by atoms with E-state index >= 15 is 0 Å². The Balaban J connectivity index is 1.75. The highest BCUT2D eigenvalue weighted by atomic mass is 16.5. The Bertz CT molecular complexity index is 363. The van der Waals surface area contributed by atoms with Gasteiger partial charge in [0, 0.05) is 19.2 Å². The minimum atomic E-state index is 0.436. The molecule has 2 rings (SSSR count). The summed E-state index contributed by atoms with van der Waals surface area (Å²) in [6.07, 6.45) is 5.35. The SMILES string of the molecule is CNC(CCN(C)CC1CCCCO1)c1ccccc1. The maximum Gasteiger partial charge on any atom is 0.0701 e. The van der Waals surface area contributed by atoms with Crippen LogP contribution in [0.3, 0.4) is 0 Å². The van der Waals surface area contributed by atoms with Crippen molar-refractivity contribution < 1.29 is 4.74 Å². The van der Waals surface area contributed by atoms with Crippen molar-refractivity contribution in [2.75, 3.05) is 33.8 Å². The highest BCUT2D eigenvalue weighted by Crippen LogP contribution is 2.17. The highest BCUT2D eigenvalue weighted by molar-refractivity contribution is 5.18. The van der Waals surface area contributed by atoms with Gasteiger partial charge in [-0.05, 0) is 51.9 Å². The van der Waals surface area contributed by atoms with E-state index in [2.05, 4.69) is 47.6 Å². The fourth-order valence-corrected chi connectivity index (χ4v) is 2.90. The van der Waals surface area contributed by atoms with E-state index in [-0.39, 0.29) is 0 Å². The largest absolute Gasteiger partial charge is 0.377 e. The van der Waals surface area contributed by atoms with Crippen molar-refractivity contribution in [3.05, 3.63) is 35.9 Å². The number of benzene rings is 1. The molecule has 112 valence electrons. The van der Waals surface area contributed by atoms with Gasteiger partial charge < -0.3 is 15.0 Å². The predicted molar refractivity (Wildman–Crippen MR) is 83.9 cm³/mol. The highest BCUT2D eigenvalue weighted by Gasteiger charge is 2.16. The van der Waals surface area contributed by atoms with Crippen LogP contribution in [0.4, 0.5) is 0 Å². The molecular weight excluding hydrogens is 248 g/mol. The molecule has 0 spiro atoms. The molecule has 1 saturated heterocycles. The van der Waals surface area contributed by atoms with Crippen LogP contribution in [0.15, 0.2) is 30.3 Å². The molecule has 0 aromatic heterocycles.